The number of carboxylic acids is 2. The van der Waals surface area contributed by atoms with Crippen molar-refractivity contribution in [3.63, 3.8) is 0 Å². The molecule has 0 amide bonds. The fraction of sp³-hybridized carbons (Fsp3) is 0. The molecule has 0 radical (unpaired) electrons. The van der Waals surface area contributed by atoms with E-state index in [0.29, 0.717) is 47.2 Å². The summed E-state index contributed by atoms with van der Waals surface area (Å²) in [7, 11) is 0. The van der Waals surface area contributed by atoms with Crippen LogP contribution >= 0.6 is 0 Å². The number of pyridine rings is 4. The third-order valence-electron chi connectivity index (χ3n) is 4.37. The molecule has 0 atom stereocenters. The molecule has 0 bridgehead atoms. The zero-order valence-electron chi connectivity index (χ0n) is 20.6. The molecule has 0 saturated carbocycles. The average molecular weight is 620 g/mol. The van der Waals surface area contributed by atoms with Crippen LogP contribution in [-0.2, 0) is 29.1 Å². The van der Waals surface area contributed by atoms with Gasteiger partial charge >= 0.3 is 31.4 Å². The Bertz CT molecular complexity index is 1310. The normalized spacial score (nSPS) is 9.03. The second-order valence-electron chi connectivity index (χ2n) is 6.65. The van der Waals surface area contributed by atoms with Crippen LogP contribution in [0.3, 0.4) is 0 Å². The van der Waals surface area contributed by atoms with Crippen LogP contribution in [0.1, 0.15) is 20.7 Å². The van der Waals surface area contributed by atoms with Crippen molar-refractivity contribution in [2.75, 3.05) is 0 Å². The standard InChI is InChI=1S/2C12H8N2O4.2CH3.Ru/c2*15-7-18-9-2-4-14-11(6-9)10-5-8(12(16)17)1-3-13-10;;;/h2*1-7H,(H,16,17);2*1H3;/q;;2*-1;+2. The van der Waals surface area contributed by atoms with Crippen LogP contribution in [0.25, 0.3) is 22.8 Å². The van der Waals surface area contributed by atoms with Gasteiger partial charge in [0.25, 0.3) is 12.9 Å². The second-order valence-corrected chi connectivity index (χ2v) is 6.65. The van der Waals surface area contributed by atoms with Gasteiger partial charge in [0.1, 0.15) is 11.5 Å². The van der Waals surface area contributed by atoms with Crippen LogP contribution in [0.4, 0.5) is 0 Å². The molecule has 0 aromatic carbocycles. The van der Waals surface area contributed by atoms with Crippen LogP contribution in [0.5, 0.6) is 11.5 Å². The molecule has 0 aliphatic carbocycles. The molecule has 4 aromatic rings. The van der Waals surface area contributed by atoms with Crippen molar-refractivity contribution < 1.29 is 58.3 Å². The fourth-order valence-electron chi connectivity index (χ4n) is 2.77. The summed E-state index contributed by atoms with van der Waals surface area (Å²) in [4.78, 5) is 58.3. The van der Waals surface area contributed by atoms with E-state index in [4.69, 9.17) is 10.2 Å². The maximum absolute atomic E-state index is 10.8. The minimum absolute atomic E-state index is 0. The topological polar surface area (TPSA) is 179 Å². The van der Waals surface area contributed by atoms with Crippen LogP contribution in [0.15, 0.2) is 73.3 Å². The van der Waals surface area contributed by atoms with Crippen molar-refractivity contribution in [3.05, 3.63) is 99.3 Å². The molecule has 4 rings (SSSR count). The Morgan fingerprint density at radius 3 is 1.21 bits per heavy atom. The van der Waals surface area contributed by atoms with Gasteiger partial charge < -0.3 is 34.5 Å². The summed E-state index contributed by atoms with van der Waals surface area (Å²) in [6.07, 6.45) is 5.66. The van der Waals surface area contributed by atoms with Gasteiger partial charge in [-0.1, -0.05) is 0 Å². The van der Waals surface area contributed by atoms with E-state index in [9.17, 15) is 19.2 Å². The Kier molecular flexibility index (Phi) is 14.7. The largest absolute Gasteiger partial charge is 2.00 e. The van der Waals surface area contributed by atoms with Gasteiger partial charge in [-0.3, -0.25) is 29.5 Å². The van der Waals surface area contributed by atoms with E-state index in [1.165, 1.54) is 73.3 Å². The van der Waals surface area contributed by atoms with Gasteiger partial charge in [-0.05, 0) is 36.4 Å². The van der Waals surface area contributed by atoms with Crippen molar-refractivity contribution >= 4 is 24.9 Å². The van der Waals surface area contributed by atoms with Crippen LogP contribution in [-0.4, -0.2) is 55.0 Å². The molecule has 0 unspecified atom stereocenters. The van der Waals surface area contributed by atoms with Crippen molar-refractivity contribution in [1.82, 2.24) is 19.9 Å². The predicted molar refractivity (Wildman–Crippen MR) is 135 cm³/mol. The summed E-state index contributed by atoms with van der Waals surface area (Å²) in [5.74, 6) is -1.45. The maximum Gasteiger partial charge on any atom is 2.00 e. The number of ether oxygens (including phenoxy) is 2. The van der Waals surface area contributed by atoms with Gasteiger partial charge in [-0.25, -0.2) is 9.59 Å². The van der Waals surface area contributed by atoms with Gasteiger partial charge in [0, 0.05) is 36.9 Å². The van der Waals surface area contributed by atoms with Crippen molar-refractivity contribution in [2.24, 2.45) is 0 Å². The summed E-state index contributed by atoms with van der Waals surface area (Å²) in [6.45, 7) is 0.612. The molecule has 39 heavy (non-hydrogen) atoms. The second kappa shape index (κ2) is 16.8. The van der Waals surface area contributed by atoms with E-state index >= 15 is 0 Å². The van der Waals surface area contributed by atoms with E-state index in [1.807, 2.05) is 0 Å². The zero-order valence-corrected chi connectivity index (χ0v) is 22.3. The predicted octanol–water partition coefficient (Wildman–Crippen LogP) is 3.65. The molecule has 202 valence electrons. The third kappa shape index (κ3) is 9.82. The average Bonchev–Trinajstić information content (AvgIpc) is 2.90. The van der Waals surface area contributed by atoms with Crippen molar-refractivity contribution in [1.29, 1.82) is 0 Å². The van der Waals surface area contributed by atoms with E-state index < -0.39 is 11.9 Å². The third-order valence-corrected chi connectivity index (χ3v) is 4.37. The molecule has 12 nitrogen and oxygen atoms in total. The minimum Gasteiger partial charge on any atom is -0.478 e. The number of carbonyl (C=O) groups excluding carboxylic acids is 2. The van der Waals surface area contributed by atoms with Crippen LogP contribution < -0.4 is 9.47 Å². The monoisotopic (exact) mass is 620 g/mol. The number of aromatic nitrogens is 4. The smallest absolute Gasteiger partial charge is 0.478 e. The summed E-state index contributed by atoms with van der Waals surface area (Å²) in [5.41, 5.74) is 1.87. The summed E-state index contributed by atoms with van der Waals surface area (Å²) < 4.78 is 9.36. The van der Waals surface area contributed by atoms with Crippen molar-refractivity contribution in [3.8, 4) is 34.3 Å². The summed E-state index contributed by atoms with van der Waals surface area (Å²) >= 11 is 0. The molecule has 0 fully saturated rings. The Morgan fingerprint density at radius 1 is 0.590 bits per heavy atom. The number of hydrogen-bond donors (Lipinski definition) is 2. The first-order chi connectivity index (χ1) is 17.4. The summed E-state index contributed by atoms with van der Waals surface area (Å²) in [5, 5.41) is 17.8. The number of carbonyl (C=O) groups is 4. The Morgan fingerprint density at radius 2 is 0.897 bits per heavy atom. The molecule has 13 heteroatoms. The SMILES string of the molecule is O=COc1ccnc(-c2cc(C(=O)O)ccn2)c1.O=COc1ccnc(-c2cc(C(=O)O)ccn2)c1.[CH3-].[CH3-].[Ru+2]. The van der Waals surface area contributed by atoms with Crippen LogP contribution in [0, 0.1) is 14.9 Å². The molecule has 2 N–H and O–H groups in total. The zero-order chi connectivity index (χ0) is 25.9. The number of nitrogens with zero attached hydrogens (tertiary/aromatic N) is 4. The molecule has 0 saturated heterocycles. The number of rotatable bonds is 8. The molecule has 0 aliphatic rings. The van der Waals surface area contributed by atoms with Gasteiger partial charge in [0.2, 0.25) is 0 Å². The molecule has 0 spiro atoms. The first-order valence-electron chi connectivity index (χ1n) is 9.93. The summed E-state index contributed by atoms with van der Waals surface area (Å²) in [6, 6.07) is 11.6. The number of hydrogen-bond acceptors (Lipinski definition) is 10. The van der Waals surface area contributed by atoms with E-state index in [1.54, 1.807) is 0 Å². The van der Waals surface area contributed by atoms with E-state index in [2.05, 4.69) is 29.4 Å². The van der Waals surface area contributed by atoms with Gasteiger partial charge in [-0.2, -0.15) is 0 Å². The Balaban J connectivity index is 0.000000688. The molecular formula is C26H22N4O8Ru. The quantitative estimate of drug-likeness (QED) is 0.166. The van der Waals surface area contributed by atoms with Crippen LogP contribution in [0.2, 0.25) is 0 Å². The van der Waals surface area contributed by atoms with Gasteiger partial charge in [-0.15, -0.1) is 0 Å². The molecule has 4 heterocycles. The fourth-order valence-corrected chi connectivity index (χ4v) is 2.77. The Hall–Kier alpha value is -4.90. The van der Waals surface area contributed by atoms with Gasteiger partial charge in [0.15, 0.2) is 0 Å². The molecule has 4 aromatic heterocycles. The molecular weight excluding hydrogens is 597 g/mol. The number of aromatic carboxylic acids is 2. The minimum atomic E-state index is -1.04. The Labute approximate surface area is 236 Å². The van der Waals surface area contributed by atoms with E-state index in [-0.39, 0.29) is 45.5 Å². The van der Waals surface area contributed by atoms with Crippen molar-refractivity contribution in [2.45, 2.75) is 0 Å². The molecule has 0 aliphatic heterocycles. The number of carboxylic acid groups (broad SMARTS) is 2. The maximum atomic E-state index is 10.8. The van der Waals surface area contributed by atoms with Gasteiger partial charge in [0.05, 0.1) is 33.9 Å². The first-order valence-corrected chi connectivity index (χ1v) is 9.93. The van der Waals surface area contributed by atoms with E-state index in [0.717, 1.165) is 0 Å². The first kappa shape index (κ1) is 34.1.